The highest BCUT2D eigenvalue weighted by Gasteiger charge is 2.20. The molecule has 3 N–H and O–H groups in total. The van der Waals surface area contributed by atoms with Gasteiger partial charge in [-0.25, -0.2) is 4.79 Å². The van der Waals surface area contributed by atoms with E-state index in [2.05, 4.69) is 73.0 Å². The topological polar surface area (TPSA) is 81.4 Å². The Morgan fingerprint density at radius 1 is 0.812 bits per heavy atom. The lowest BCUT2D eigenvalue weighted by Crippen LogP contribution is -2.41. The van der Waals surface area contributed by atoms with E-state index in [4.69, 9.17) is 10.5 Å². The number of hydrogen-bond donors (Lipinski definition) is 2. The van der Waals surface area contributed by atoms with Gasteiger partial charge in [0.2, 0.25) is 5.91 Å². The Kier molecular flexibility index (Phi) is 21.5. The lowest BCUT2D eigenvalue weighted by atomic mass is 10.1. The van der Waals surface area contributed by atoms with Crippen molar-refractivity contribution < 1.29 is 14.3 Å². The zero-order valence-electron chi connectivity index (χ0n) is 20.1. The second-order valence-corrected chi connectivity index (χ2v) is 7.53. The van der Waals surface area contributed by atoms with Gasteiger partial charge in [0.25, 0.3) is 0 Å². The lowest BCUT2D eigenvalue weighted by Gasteiger charge is -2.16. The number of allylic oxidation sites excluding steroid dienone is 10. The zero-order chi connectivity index (χ0) is 23.7. The van der Waals surface area contributed by atoms with Crippen LogP contribution < -0.4 is 11.1 Å². The van der Waals surface area contributed by atoms with Crippen molar-refractivity contribution in [3.05, 3.63) is 60.8 Å². The summed E-state index contributed by atoms with van der Waals surface area (Å²) in [6, 6.07) is -0.576. The van der Waals surface area contributed by atoms with Gasteiger partial charge in [-0.3, -0.25) is 4.79 Å². The maximum Gasteiger partial charge on any atom is 0.328 e. The van der Waals surface area contributed by atoms with Crippen LogP contribution in [0.4, 0.5) is 0 Å². The monoisotopic (exact) mass is 444 g/mol. The molecule has 0 fully saturated rings. The molecule has 0 bridgehead atoms. The van der Waals surface area contributed by atoms with Crippen LogP contribution in [0, 0.1) is 0 Å². The van der Waals surface area contributed by atoms with Crippen LogP contribution in [0.1, 0.15) is 77.6 Å². The molecule has 1 amide bonds. The predicted octanol–water partition coefficient (Wildman–Crippen LogP) is 5.69. The van der Waals surface area contributed by atoms with Gasteiger partial charge in [0.05, 0.1) is 7.11 Å². The third-order valence-corrected chi connectivity index (χ3v) is 4.70. The van der Waals surface area contributed by atoms with E-state index < -0.39 is 12.0 Å². The second-order valence-electron chi connectivity index (χ2n) is 7.53. The molecule has 0 spiro atoms. The lowest BCUT2D eigenvalue weighted by molar-refractivity contribution is -0.145. The quantitative estimate of drug-likeness (QED) is 0.152. The van der Waals surface area contributed by atoms with E-state index >= 15 is 0 Å². The number of amides is 1. The number of ether oxygens (including phenoxy) is 1. The molecule has 32 heavy (non-hydrogen) atoms. The average Bonchev–Trinajstić information content (AvgIpc) is 2.80. The standard InChI is InChI=1S/C27H44N2O3/c1-3-4-5-6-7-8-9-10-11-12-13-14-15-16-17-18-19-23-26(30)29-25(27(31)32-2)22-20-21-24-28/h4-5,7-8,10-11,13-14,16-17,25H,3,6,9,12,15,18-24,28H2,1-2H3,(H,29,30). The first-order valence-corrected chi connectivity index (χ1v) is 12.0. The van der Waals surface area contributed by atoms with E-state index in [1.165, 1.54) is 7.11 Å². The Balaban J connectivity index is 3.84. The molecule has 0 aromatic carbocycles. The van der Waals surface area contributed by atoms with Gasteiger partial charge in [-0.15, -0.1) is 0 Å². The van der Waals surface area contributed by atoms with Crippen LogP contribution in [0.5, 0.6) is 0 Å². The van der Waals surface area contributed by atoms with Crippen molar-refractivity contribution in [1.82, 2.24) is 5.32 Å². The van der Waals surface area contributed by atoms with Crippen LogP contribution in [0.15, 0.2) is 60.8 Å². The van der Waals surface area contributed by atoms with Crippen molar-refractivity contribution in [1.29, 1.82) is 0 Å². The van der Waals surface area contributed by atoms with Gasteiger partial charge >= 0.3 is 5.97 Å². The van der Waals surface area contributed by atoms with Crippen LogP contribution in [0.2, 0.25) is 0 Å². The fraction of sp³-hybridized carbons (Fsp3) is 0.556. The number of carbonyl (C=O) groups is 2. The minimum atomic E-state index is -0.576. The number of hydrogen-bond acceptors (Lipinski definition) is 4. The Morgan fingerprint density at radius 3 is 1.84 bits per heavy atom. The van der Waals surface area contributed by atoms with E-state index in [0.29, 0.717) is 19.4 Å². The first-order chi connectivity index (χ1) is 15.7. The summed E-state index contributed by atoms with van der Waals surface area (Å²) in [6.07, 6.45) is 30.8. The summed E-state index contributed by atoms with van der Waals surface area (Å²) in [5, 5.41) is 2.78. The Bertz CT molecular complexity index is 618. The highest BCUT2D eigenvalue weighted by Crippen LogP contribution is 2.05. The molecule has 0 aromatic rings. The van der Waals surface area contributed by atoms with Gasteiger partial charge in [0.15, 0.2) is 0 Å². The van der Waals surface area contributed by atoms with E-state index in [9.17, 15) is 9.59 Å². The summed E-state index contributed by atoms with van der Waals surface area (Å²) in [5.74, 6) is -0.506. The summed E-state index contributed by atoms with van der Waals surface area (Å²) < 4.78 is 4.77. The Labute approximate surface area is 195 Å². The van der Waals surface area contributed by atoms with E-state index in [1.54, 1.807) is 0 Å². The Hall–Kier alpha value is -2.40. The van der Waals surface area contributed by atoms with Crippen molar-refractivity contribution in [2.24, 2.45) is 5.73 Å². The van der Waals surface area contributed by atoms with E-state index in [0.717, 1.165) is 57.8 Å². The van der Waals surface area contributed by atoms with E-state index in [-0.39, 0.29) is 5.91 Å². The van der Waals surface area contributed by atoms with Crippen LogP contribution in [0.3, 0.4) is 0 Å². The molecule has 0 saturated heterocycles. The molecule has 5 heteroatoms. The van der Waals surface area contributed by atoms with Gasteiger partial charge in [-0.05, 0) is 70.8 Å². The molecule has 0 radical (unpaired) electrons. The van der Waals surface area contributed by atoms with Crippen molar-refractivity contribution in [3.8, 4) is 0 Å². The van der Waals surface area contributed by atoms with Gasteiger partial charge in [0.1, 0.15) is 6.04 Å². The summed E-state index contributed by atoms with van der Waals surface area (Å²) in [6.45, 7) is 2.72. The first-order valence-electron chi connectivity index (χ1n) is 12.0. The number of carbonyl (C=O) groups excluding carboxylic acids is 2. The molecule has 1 atom stereocenters. The van der Waals surface area contributed by atoms with Crippen LogP contribution in [-0.4, -0.2) is 31.6 Å². The third kappa shape index (κ3) is 19.6. The number of unbranched alkanes of at least 4 members (excludes halogenated alkanes) is 2. The van der Waals surface area contributed by atoms with Gasteiger partial charge in [-0.1, -0.05) is 67.7 Å². The zero-order valence-corrected chi connectivity index (χ0v) is 20.1. The van der Waals surface area contributed by atoms with Crippen LogP contribution >= 0.6 is 0 Å². The first kappa shape index (κ1) is 29.6. The number of nitrogens with two attached hydrogens (primary N) is 1. The molecule has 0 saturated carbocycles. The highest BCUT2D eigenvalue weighted by molar-refractivity contribution is 5.84. The van der Waals surface area contributed by atoms with Crippen molar-refractivity contribution in [2.75, 3.05) is 13.7 Å². The summed E-state index contributed by atoms with van der Waals surface area (Å²) in [7, 11) is 1.34. The van der Waals surface area contributed by atoms with Gasteiger partial charge in [0, 0.05) is 6.42 Å². The molecule has 0 aromatic heterocycles. The summed E-state index contributed by atoms with van der Waals surface area (Å²) >= 11 is 0. The average molecular weight is 445 g/mol. The molecule has 0 aliphatic rings. The number of nitrogens with one attached hydrogen (secondary N) is 1. The molecular formula is C27H44N2O3. The molecule has 180 valence electrons. The van der Waals surface area contributed by atoms with Crippen molar-refractivity contribution in [3.63, 3.8) is 0 Å². The summed E-state index contributed by atoms with van der Waals surface area (Å²) in [4.78, 5) is 23.9. The van der Waals surface area contributed by atoms with Crippen molar-refractivity contribution >= 4 is 11.9 Å². The van der Waals surface area contributed by atoms with Crippen molar-refractivity contribution in [2.45, 2.75) is 83.6 Å². The molecule has 0 aliphatic heterocycles. The van der Waals surface area contributed by atoms with Gasteiger partial charge < -0.3 is 15.8 Å². The fourth-order valence-corrected chi connectivity index (χ4v) is 2.90. The fourth-order valence-electron chi connectivity index (χ4n) is 2.90. The molecular weight excluding hydrogens is 400 g/mol. The number of methoxy groups -OCH3 is 1. The summed E-state index contributed by atoms with van der Waals surface area (Å²) in [5.41, 5.74) is 5.48. The third-order valence-electron chi connectivity index (χ3n) is 4.70. The Morgan fingerprint density at radius 2 is 1.34 bits per heavy atom. The highest BCUT2D eigenvalue weighted by atomic mass is 16.5. The van der Waals surface area contributed by atoms with Crippen LogP contribution in [-0.2, 0) is 14.3 Å². The molecule has 0 heterocycles. The normalized spacial score (nSPS) is 13.2. The molecule has 0 aliphatic carbocycles. The number of rotatable bonds is 19. The minimum Gasteiger partial charge on any atom is -0.467 e. The number of esters is 1. The molecule has 1 unspecified atom stereocenters. The second kappa shape index (κ2) is 23.3. The largest absolute Gasteiger partial charge is 0.467 e. The van der Waals surface area contributed by atoms with Gasteiger partial charge in [-0.2, -0.15) is 0 Å². The maximum absolute atomic E-state index is 12.1. The SMILES string of the molecule is CCC=CCC=CCC=CCC=CCC=CCCCC(=O)NC(CCCCN)C(=O)OC. The maximum atomic E-state index is 12.1. The van der Waals surface area contributed by atoms with E-state index in [1.807, 2.05) is 0 Å². The molecule has 0 rings (SSSR count). The smallest absolute Gasteiger partial charge is 0.328 e. The predicted molar refractivity (Wildman–Crippen MR) is 135 cm³/mol. The molecule has 5 nitrogen and oxygen atoms in total. The minimum absolute atomic E-state index is 0.111. The van der Waals surface area contributed by atoms with Crippen LogP contribution in [0.25, 0.3) is 0 Å².